The van der Waals surface area contributed by atoms with Crippen molar-refractivity contribution in [3.63, 3.8) is 0 Å². The summed E-state index contributed by atoms with van der Waals surface area (Å²) in [6.45, 7) is 0. The maximum atomic E-state index is 12.4. The molecule has 1 aliphatic rings. The molecule has 1 heterocycles. The summed E-state index contributed by atoms with van der Waals surface area (Å²) in [6.07, 6.45) is 6.97. The van der Waals surface area contributed by atoms with Crippen molar-refractivity contribution < 1.29 is 9.90 Å². The van der Waals surface area contributed by atoms with Gasteiger partial charge in [-0.3, -0.25) is 4.79 Å². The fourth-order valence-electron chi connectivity index (χ4n) is 3.24. The SMILES string of the molecule is Nc1cccc2c1c(=O)c(C(=O)O)cn2C1CCCCC1. The third kappa shape index (κ3) is 2.28. The van der Waals surface area contributed by atoms with Crippen LogP contribution in [0.15, 0.2) is 29.2 Å². The molecule has 0 unspecified atom stereocenters. The van der Waals surface area contributed by atoms with Gasteiger partial charge in [-0.05, 0) is 25.0 Å². The van der Waals surface area contributed by atoms with Crippen LogP contribution in [0, 0.1) is 0 Å². The van der Waals surface area contributed by atoms with Crippen LogP contribution in [0.1, 0.15) is 48.5 Å². The normalized spacial score (nSPS) is 16.2. The Morgan fingerprint density at radius 3 is 2.62 bits per heavy atom. The number of aromatic carboxylic acids is 1. The standard InChI is InChI=1S/C16H18N2O3/c17-12-7-4-8-13-14(12)15(19)11(16(20)21)9-18(13)10-5-2-1-3-6-10/h4,7-10H,1-3,5-6,17H2,(H,20,21). The van der Waals surface area contributed by atoms with Gasteiger partial charge in [0, 0.05) is 17.9 Å². The van der Waals surface area contributed by atoms with Gasteiger partial charge >= 0.3 is 5.97 Å². The third-order valence-corrected chi connectivity index (χ3v) is 4.29. The van der Waals surface area contributed by atoms with E-state index in [2.05, 4.69) is 0 Å². The van der Waals surface area contributed by atoms with E-state index in [1.165, 1.54) is 12.6 Å². The summed E-state index contributed by atoms with van der Waals surface area (Å²) in [4.78, 5) is 23.7. The molecule has 0 atom stereocenters. The van der Waals surface area contributed by atoms with Gasteiger partial charge in [0.05, 0.1) is 10.9 Å². The van der Waals surface area contributed by atoms with Gasteiger partial charge in [-0.15, -0.1) is 0 Å². The number of nitrogen functional groups attached to an aromatic ring is 1. The molecule has 0 amide bonds. The molecule has 21 heavy (non-hydrogen) atoms. The zero-order valence-electron chi connectivity index (χ0n) is 11.7. The van der Waals surface area contributed by atoms with Crippen LogP contribution in [0.4, 0.5) is 5.69 Å². The molecule has 3 N–H and O–H groups in total. The first-order valence-corrected chi connectivity index (χ1v) is 7.26. The molecule has 2 aromatic rings. The van der Waals surface area contributed by atoms with E-state index in [9.17, 15) is 14.7 Å². The van der Waals surface area contributed by atoms with E-state index in [4.69, 9.17) is 5.73 Å². The quantitative estimate of drug-likeness (QED) is 0.831. The van der Waals surface area contributed by atoms with Crippen LogP contribution in [0.5, 0.6) is 0 Å². The predicted octanol–water partition coefficient (Wildman–Crippen LogP) is 2.79. The summed E-state index contributed by atoms with van der Waals surface area (Å²) >= 11 is 0. The summed E-state index contributed by atoms with van der Waals surface area (Å²) in [5.41, 5.74) is 6.29. The molecule has 110 valence electrons. The van der Waals surface area contributed by atoms with Gasteiger partial charge in [-0.2, -0.15) is 0 Å². The predicted molar refractivity (Wildman–Crippen MR) is 81.7 cm³/mol. The molecule has 0 bridgehead atoms. The van der Waals surface area contributed by atoms with Crippen LogP contribution in [-0.2, 0) is 0 Å². The van der Waals surface area contributed by atoms with Crippen molar-refractivity contribution in [2.75, 3.05) is 5.73 Å². The molecule has 0 saturated heterocycles. The number of fused-ring (bicyclic) bond motifs is 1. The maximum Gasteiger partial charge on any atom is 0.341 e. The molecule has 1 fully saturated rings. The molecule has 0 radical (unpaired) electrons. The van der Waals surface area contributed by atoms with Crippen molar-refractivity contribution in [1.82, 2.24) is 4.57 Å². The van der Waals surface area contributed by atoms with Crippen molar-refractivity contribution >= 4 is 22.6 Å². The summed E-state index contributed by atoms with van der Waals surface area (Å²) in [5, 5.41) is 9.61. The van der Waals surface area contributed by atoms with Gasteiger partial charge in [0.25, 0.3) is 0 Å². The van der Waals surface area contributed by atoms with E-state index < -0.39 is 11.4 Å². The Balaban J connectivity index is 2.32. The second kappa shape index (κ2) is 5.24. The van der Waals surface area contributed by atoms with Crippen molar-refractivity contribution in [3.05, 3.63) is 40.2 Å². The molecule has 5 heteroatoms. The number of hydrogen-bond donors (Lipinski definition) is 2. The van der Waals surface area contributed by atoms with Gasteiger partial charge in [-0.25, -0.2) is 4.79 Å². The summed E-state index contributed by atoms with van der Waals surface area (Å²) in [6, 6.07) is 5.52. The smallest absolute Gasteiger partial charge is 0.341 e. The van der Waals surface area contributed by atoms with Crippen molar-refractivity contribution in [2.24, 2.45) is 0 Å². The molecule has 5 nitrogen and oxygen atoms in total. The number of pyridine rings is 1. The van der Waals surface area contributed by atoms with Gasteiger partial charge in [0.15, 0.2) is 0 Å². The maximum absolute atomic E-state index is 12.4. The highest BCUT2D eigenvalue weighted by Gasteiger charge is 2.21. The average Bonchev–Trinajstić information content (AvgIpc) is 2.48. The average molecular weight is 286 g/mol. The van der Waals surface area contributed by atoms with E-state index >= 15 is 0 Å². The number of anilines is 1. The number of benzene rings is 1. The minimum absolute atomic E-state index is 0.203. The van der Waals surface area contributed by atoms with Gasteiger partial charge < -0.3 is 15.4 Å². The highest BCUT2D eigenvalue weighted by atomic mass is 16.4. The fraction of sp³-hybridized carbons (Fsp3) is 0.375. The lowest BCUT2D eigenvalue weighted by molar-refractivity contribution is 0.0694. The molecule has 0 spiro atoms. The van der Waals surface area contributed by atoms with Gasteiger partial charge in [0.2, 0.25) is 5.43 Å². The van der Waals surface area contributed by atoms with E-state index in [-0.39, 0.29) is 11.6 Å². The Kier molecular flexibility index (Phi) is 3.41. The Bertz CT molecular complexity index is 758. The first-order valence-electron chi connectivity index (χ1n) is 7.26. The second-order valence-electron chi connectivity index (χ2n) is 5.62. The Morgan fingerprint density at radius 2 is 1.95 bits per heavy atom. The molecule has 1 aromatic carbocycles. The lowest BCUT2D eigenvalue weighted by Crippen LogP contribution is -2.23. The van der Waals surface area contributed by atoms with Crippen molar-refractivity contribution in [1.29, 1.82) is 0 Å². The molecular formula is C16H18N2O3. The highest BCUT2D eigenvalue weighted by molar-refractivity contribution is 5.97. The number of aromatic nitrogens is 1. The van der Waals surface area contributed by atoms with E-state index in [1.807, 2.05) is 10.6 Å². The lowest BCUT2D eigenvalue weighted by atomic mass is 9.94. The topological polar surface area (TPSA) is 85.3 Å². The van der Waals surface area contributed by atoms with Gasteiger partial charge in [-0.1, -0.05) is 25.3 Å². The lowest BCUT2D eigenvalue weighted by Gasteiger charge is -2.26. The summed E-state index contributed by atoms with van der Waals surface area (Å²) < 4.78 is 1.94. The Hall–Kier alpha value is -2.30. The van der Waals surface area contributed by atoms with Crippen LogP contribution < -0.4 is 11.2 Å². The van der Waals surface area contributed by atoms with Gasteiger partial charge in [0.1, 0.15) is 5.56 Å². The van der Waals surface area contributed by atoms with Crippen molar-refractivity contribution in [3.8, 4) is 0 Å². The zero-order valence-corrected chi connectivity index (χ0v) is 11.7. The Labute approximate surface area is 122 Å². The van der Waals surface area contributed by atoms with Crippen LogP contribution in [0.2, 0.25) is 0 Å². The highest BCUT2D eigenvalue weighted by Crippen LogP contribution is 2.31. The molecule has 0 aliphatic heterocycles. The number of hydrogen-bond acceptors (Lipinski definition) is 3. The summed E-state index contributed by atoms with van der Waals surface area (Å²) in [5.74, 6) is -1.20. The van der Waals surface area contributed by atoms with Crippen LogP contribution >= 0.6 is 0 Å². The molecule has 1 saturated carbocycles. The Morgan fingerprint density at radius 1 is 1.24 bits per heavy atom. The number of rotatable bonds is 2. The number of carboxylic acid groups (broad SMARTS) is 1. The first-order chi connectivity index (χ1) is 10.1. The van der Waals surface area contributed by atoms with E-state index in [1.54, 1.807) is 12.1 Å². The molecular weight excluding hydrogens is 268 g/mol. The second-order valence-corrected chi connectivity index (χ2v) is 5.62. The number of nitrogens with two attached hydrogens (primary N) is 1. The first kappa shape index (κ1) is 13.7. The molecule has 1 aliphatic carbocycles. The largest absolute Gasteiger partial charge is 0.477 e. The third-order valence-electron chi connectivity index (χ3n) is 4.29. The van der Waals surface area contributed by atoms with Crippen molar-refractivity contribution in [2.45, 2.75) is 38.1 Å². The van der Waals surface area contributed by atoms with E-state index in [0.717, 1.165) is 31.2 Å². The minimum atomic E-state index is -1.20. The minimum Gasteiger partial charge on any atom is -0.477 e. The van der Waals surface area contributed by atoms with E-state index in [0.29, 0.717) is 11.1 Å². The van der Waals surface area contributed by atoms with Crippen LogP contribution in [0.3, 0.4) is 0 Å². The zero-order chi connectivity index (χ0) is 15.0. The monoisotopic (exact) mass is 286 g/mol. The summed E-state index contributed by atoms with van der Waals surface area (Å²) in [7, 11) is 0. The molecule has 1 aromatic heterocycles. The number of carboxylic acids is 1. The van der Waals surface area contributed by atoms with Crippen LogP contribution in [0.25, 0.3) is 10.9 Å². The van der Waals surface area contributed by atoms with Crippen LogP contribution in [-0.4, -0.2) is 15.6 Å². The number of carbonyl (C=O) groups is 1. The molecule has 3 rings (SSSR count). The fourth-order valence-corrected chi connectivity index (χ4v) is 3.24. The number of nitrogens with zero attached hydrogens (tertiary/aromatic N) is 1.